The van der Waals surface area contributed by atoms with Gasteiger partial charge in [0.2, 0.25) is 11.9 Å². The number of thiazole rings is 1. The Kier molecular flexibility index (Phi) is 4.19. The monoisotopic (exact) mass is 357 g/mol. The van der Waals surface area contributed by atoms with Crippen molar-refractivity contribution >= 4 is 23.2 Å². The molecule has 1 amide bonds. The van der Waals surface area contributed by atoms with Gasteiger partial charge in [-0.2, -0.15) is 0 Å². The summed E-state index contributed by atoms with van der Waals surface area (Å²) < 4.78 is 0. The number of anilines is 1. The number of aryl methyl sites for hydroxylation is 2. The van der Waals surface area contributed by atoms with Gasteiger partial charge < -0.3 is 9.80 Å². The van der Waals surface area contributed by atoms with E-state index >= 15 is 0 Å². The summed E-state index contributed by atoms with van der Waals surface area (Å²) in [6.45, 7) is 7.08. The van der Waals surface area contributed by atoms with E-state index in [-0.39, 0.29) is 11.3 Å². The molecule has 1 atom stereocenters. The van der Waals surface area contributed by atoms with E-state index in [1.165, 1.54) is 0 Å². The second-order valence-corrected chi connectivity index (χ2v) is 8.26. The molecule has 1 unspecified atom stereocenters. The topological polar surface area (TPSA) is 62.2 Å². The van der Waals surface area contributed by atoms with E-state index in [0.29, 0.717) is 6.54 Å². The molecule has 2 saturated heterocycles. The molecule has 6 nitrogen and oxygen atoms in total. The molecule has 2 aromatic heterocycles. The number of rotatable bonds is 3. The van der Waals surface area contributed by atoms with Gasteiger partial charge in [-0.3, -0.25) is 4.79 Å². The third-order valence-corrected chi connectivity index (χ3v) is 6.07. The lowest BCUT2D eigenvalue weighted by Crippen LogP contribution is -2.48. The van der Waals surface area contributed by atoms with Crippen molar-refractivity contribution in [3.8, 4) is 0 Å². The van der Waals surface area contributed by atoms with Gasteiger partial charge in [0.05, 0.1) is 22.7 Å². The first kappa shape index (κ1) is 16.4. The predicted molar refractivity (Wildman–Crippen MR) is 97.5 cm³/mol. The van der Waals surface area contributed by atoms with Crippen LogP contribution in [0.15, 0.2) is 17.8 Å². The van der Waals surface area contributed by atoms with E-state index in [0.717, 1.165) is 61.1 Å². The maximum absolute atomic E-state index is 13.2. The number of piperidine rings is 1. The Morgan fingerprint density at radius 2 is 2.00 bits per heavy atom. The van der Waals surface area contributed by atoms with Crippen molar-refractivity contribution in [2.24, 2.45) is 5.41 Å². The van der Waals surface area contributed by atoms with Crippen LogP contribution in [-0.2, 0) is 11.3 Å². The molecule has 0 aromatic carbocycles. The molecule has 0 radical (unpaired) electrons. The zero-order chi connectivity index (χ0) is 17.4. The van der Waals surface area contributed by atoms with Crippen molar-refractivity contribution in [1.82, 2.24) is 19.9 Å². The number of hydrogen-bond acceptors (Lipinski definition) is 6. The fourth-order valence-corrected chi connectivity index (χ4v) is 4.55. The van der Waals surface area contributed by atoms with Crippen molar-refractivity contribution in [3.63, 3.8) is 0 Å². The lowest BCUT2D eigenvalue weighted by Gasteiger charge is -2.39. The quantitative estimate of drug-likeness (QED) is 0.845. The first-order valence-corrected chi connectivity index (χ1v) is 9.68. The molecular formula is C18H23N5OS. The smallest absolute Gasteiger partial charge is 0.231 e. The van der Waals surface area contributed by atoms with E-state index < -0.39 is 0 Å². The van der Waals surface area contributed by atoms with Gasteiger partial charge in [-0.05, 0) is 38.7 Å². The number of amides is 1. The van der Waals surface area contributed by atoms with E-state index in [1.54, 1.807) is 11.3 Å². The summed E-state index contributed by atoms with van der Waals surface area (Å²) >= 11 is 1.64. The molecule has 2 aromatic rings. The van der Waals surface area contributed by atoms with Crippen LogP contribution in [0.5, 0.6) is 0 Å². The van der Waals surface area contributed by atoms with Gasteiger partial charge in [0.15, 0.2) is 0 Å². The second-order valence-electron chi connectivity index (χ2n) is 7.20. The highest BCUT2D eigenvalue weighted by molar-refractivity contribution is 7.09. The van der Waals surface area contributed by atoms with E-state index in [9.17, 15) is 4.79 Å². The van der Waals surface area contributed by atoms with Gasteiger partial charge in [-0.1, -0.05) is 0 Å². The summed E-state index contributed by atoms with van der Waals surface area (Å²) in [5, 5.41) is 3.11. The Balaban J connectivity index is 1.49. The highest BCUT2D eigenvalue weighted by Gasteiger charge is 2.49. The van der Waals surface area contributed by atoms with Gasteiger partial charge >= 0.3 is 0 Å². The third kappa shape index (κ3) is 3.13. The van der Waals surface area contributed by atoms with Gasteiger partial charge in [0, 0.05) is 37.4 Å². The third-order valence-electron chi connectivity index (χ3n) is 5.25. The summed E-state index contributed by atoms with van der Waals surface area (Å²) in [5.41, 5.74) is 1.77. The zero-order valence-electron chi connectivity index (χ0n) is 14.7. The van der Waals surface area contributed by atoms with Gasteiger partial charge in [-0.15, -0.1) is 11.3 Å². The molecule has 25 heavy (non-hydrogen) atoms. The van der Waals surface area contributed by atoms with Crippen LogP contribution < -0.4 is 4.90 Å². The number of carbonyl (C=O) groups is 1. The first-order valence-electron chi connectivity index (χ1n) is 8.80. The molecular weight excluding hydrogens is 334 g/mol. The van der Waals surface area contributed by atoms with Crippen LogP contribution in [0.4, 0.5) is 5.95 Å². The minimum Gasteiger partial charge on any atom is -0.340 e. The molecule has 2 aliphatic heterocycles. The Morgan fingerprint density at radius 3 is 2.72 bits per heavy atom. The number of likely N-dealkylation sites (tertiary alicyclic amines) is 1. The minimum absolute atomic E-state index is 0.273. The largest absolute Gasteiger partial charge is 0.340 e. The standard InChI is InChI=1S/C18H23N5OS/c1-13-8-19-17(20-9-13)23-6-3-4-18(12-23)5-7-22(16(18)24)10-15-11-25-14(2)21-15/h8-9,11H,3-7,10,12H2,1-2H3. The molecule has 132 valence electrons. The number of hydrogen-bond donors (Lipinski definition) is 0. The normalized spacial score (nSPS) is 23.7. The van der Waals surface area contributed by atoms with Crippen molar-refractivity contribution < 1.29 is 4.79 Å². The first-order chi connectivity index (χ1) is 12.1. The van der Waals surface area contributed by atoms with Crippen LogP contribution in [0.1, 0.15) is 35.5 Å². The van der Waals surface area contributed by atoms with Gasteiger partial charge in [0.1, 0.15) is 0 Å². The number of carbonyl (C=O) groups excluding carboxylic acids is 1. The molecule has 7 heteroatoms. The summed E-state index contributed by atoms with van der Waals surface area (Å²) in [7, 11) is 0. The fourth-order valence-electron chi connectivity index (χ4n) is 3.95. The maximum Gasteiger partial charge on any atom is 0.231 e. The van der Waals surface area contributed by atoms with Crippen LogP contribution >= 0.6 is 11.3 Å². The SMILES string of the molecule is Cc1cnc(N2CCCC3(CCN(Cc4csc(C)n4)C3=O)C2)nc1. The van der Waals surface area contributed by atoms with E-state index in [4.69, 9.17) is 0 Å². The number of nitrogens with zero attached hydrogens (tertiary/aromatic N) is 5. The molecule has 2 aliphatic rings. The summed E-state index contributed by atoms with van der Waals surface area (Å²) in [4.78, 5) is 30.7. The molecule has 0 aliphatic carbocycles. The summed E-state index contributed by atoms with van der Waals surface area (Å²) in [6, 6.07) is 0. The highest BCUT2D eigenvalue weighted by Crippen LogP contribution is 2.41. The number of aromatic nitrogens is 3. The highest BCUT2D eigenvalue weighted by atomic mass is 32.1. The molecule has 4 heterocycles. The van der Waals surface area contributed by atoms with Crippen LogP contribution in [0.2, 0.25) is 0 Å². The molecule has 1 spiro atoms. The zero-order valence-corrected chi connectivity index (χ0v) is 15.6. The lowest BCUT2D eigenvalue weighted by molar-refractivity contribution is -0.137. The lowest BCUT2D eigenvalue weighted by atomic mass is 9.78. The Hall–Kier alpha value is -2.02. The van der Waals surface area contributed by atoms with Gasteiger partial charge in [-0.25, -0.2) is 15.0 Å². The summed E-state index contributed by atoms with van der Waals surface area (Å²) in [5.74, 6) is 1.01. The molecule has 2 fully saturated rings. The molecule has 0 bridgehead atoms. The van der Waals surface area contributed by atoms with Gasteiger partial charge in [0.25, 0.3) is 0 Å². The molecule has 4 rings (SSSR count). The average Bonchev–Trinajstić information content (AvgIpc) is 3.15. The summed E-state index contributed by atoms with van der Waals surface area (Å²) in [6.07, 6.45) is 6.57. The van der Waals surface area contributed by atoms with Crippen molar-refractivity contribution in [2.75, 3.05) is 24.5 Å². The van der Waals surface area contributed by atoms with Crippen LogP contribution in [0.3, 0.4) is 0 Å². The van der Waals surface area contributed by atoms with E-state index in [2.05, 4.69) is 25.2 Å². The maximum atomic E-state index is 13.2. The fraction of sp³-hybridized carbons (Fsp3) is 0.556. The molecule has 0 N–H and O–H groups in total. The predicted octanol–water partition coefficient (Wildman–Crippen LogP) is 2.57. The van der Waals surface area contributed by atoms with Crippen LogP contribution in [0, 0.1) is 19.3 Å². The second kappa shape index (κ2) is 6.37. The van der Waals surface area contributed by atoms with Crippen molar-refractivity contribution in [3.05, 3.63) is 34.0 Å². The molecule has 0 saturated carbocycles. The Labute approximate surface area is 151 Å². The average molecular weight is 357 g/mol. The Morgan fingerprint density at radius 1 is 1.20 bits per heavy atom. The van der Waals surface area contributed by atoms with Crippen LogP contribution in [-0.4, -0.2) is 45.4 Å². The van der Waals surface area contributed by atoms with Crippen molar-refractivity contribution in [1.29, 1.82) is 0 Å². The Bertz CT molecular complexity index is 774. The van der Waals surface area contributed by atoms with Crippen LogP contribution in [0.25, 0.3) is 0 Å². The van der Waals surface area contributed by atoms with Crippen molar-refractivity contribution in [2.45, 2.75) is 39.7 Å². The van der Waals surface area contributed by atoms with E-state index in [1.807, 2.05) is 31.1 Å². The minimum atomic E-state index is -0.280.